The first-order valence-corrected chi connectivity index (χ1v) is 3.02. The molecule has 0 aromatic rings. The summed E-state index contributed by atoms with van der Waals surface area (Å²) >= 11 is 8.59. The fraction of sp³-hybridized carbons (Fsp3) is 0.200. The second kappa shape index (κ2) is 3.28. The third-order valence-corrected chi connectivity index (χ3v) is 1.88. The van der Waals surface area contributed by atoms with Crippen LogP contribution in [0.25, 0.3) is 0 Å². The fourth-order valence-corrected chi connectivity index (χ4v) is 0.266. The molecule has 0 aliphatic heterocycles. The van der Waals surface area contributed by atoms with Crippen LogP contribution in [0.3, 0.4) is 0 Å². The maximum absolute atomic E-state index is 5.42. The largest absolute Gasteiger partial charge is 0.0838 e. The molecule has 0 bridgehead atoms. The summed E-state index contributed by atoms with van der Waals surface area (Å²) in [6.45, 7) is 5.36. The monoisotopic (exact) mass is 180 g/mol. The van der Waals surface area contributed by atoms with Gasteiger partial charge < -0.3 is 0 Å². The highest BCUT2D eigenvalue weighted by molar-refractivity contribution is 9.12. The zero-order valence-corrected chi connectivity index (χ0v) is 6.38. The van der Waals surface area contributed by atoms with Crippen molar-refractivity contribution >= 4 is 27.5 Å². The number of halogens is 2. The fourth-order valence-electron chi connectivity index (χ4n) is 0.157. The van der Waals surface area contributed by atoms with E-state index in [0.717, 1.165) is 4.48 Å². The summed E-state index contributed by atoms with van der Waals surface area (Å²) < 4.78 is 0.856. The van der Waals surface area contributed by atoms with Crippen molar-refractivity contribution in [1.82, 2.24) is 0 Å². The Kier molecular flexibility index (Phi) is 3.39. The van der Waals surface area contributed by atoms with E-state index >= 15 is 0 Å². The smallest absolute Gasteiger partial charge is 0.0472 e. The lowest BCUT2D eigenvalue weighted by molar-refractivity contribution is 1.70. The molecule has 0 aliphatic carbocycles. The molecule has 0 unspecified atom stereocenters. The molecule has 0 rings (SSSR count). The lowest BCUT2D eigenvalue weighted by Gasteiger charge is -1.86. The Balaban J connectivity index is 3.82. The van der Waals surface area contributed by atoms with E-state index in [1.54, 1.807) is 0 Å². The van der Waals surface area contributed by atoms with Crippen LogP contribution < -0.4 is 0 Å². The van der Waals surface area contributed by atoms with Crippen LogP contribution in [-0.2, 0) is 0 Å². The van der Waals surface area contributed by atoms with E-state index in [4.69, 9.17) is 11.6 Å². The molecule has 40 valence electrons. The molecule has 2 heteroatoms. The van der Waals surface area contributed by atoms with Crippen molar-refractivity contribution in [3.05, 3.63) is 22.2 Å². The molecule has 0 fully saturated rings. The molecule has 0 aromatic heterocycles. The average Bonchev–Trinajstić information content (AvgIpc) is 1.65. The quantitative estimate of drug-likeness (QED) is 0.546. The van der Waals surface area contributed by atoms with Gasteiger partial charge in [0.05, 0.1) is 0 Å². The summed E-state index contributed by atoms with van der Waals surface area (Å²) in [5.74, 6) is 0. The van der Waals surface area contributed by atoms with E-state index in [2.05, 4.69) is 22.5 Å². The molecule has 0 radical (unpaired) electrons. The van der Waals surface area contributed by atoms with Crippen LogP contribution >= 0.6 is 27.5 Å². The average molecular weight is 181 g/mol. The van der Waals surface area contributed by atoms with E-state index in [1.165, 1.54) is 0 Å². The molecule has 0 atom stereocenters. The molecule has 0 heterocycles. The van der Waals surface area contributed by atoms with Gasteiger partial charge in [0.1, 0.15) is 0 Å². The second-order valence-corrected chi connectivity index (χ2v) is 2.35. The lowest BCUT2D eigenvalue weighted by atomic mass is 10.5. The summed E-state index contributed by atoms with van der Waals surface area (Å²) in [5.41, 5.74) is 0. The number of rotatable bonds is 1. The van der Waals surface area contributed by atoms with Gasteiger partial charge >= 0.3 is 0 Å². The Morgan fingerprint density at radius 3 is 2.29 bits per heavy atom. The van der Waals surface area contributed by atoms with Gasteiger partial charge in [-0.25, -0.2) is 0 Å². The molecule has 0 aromatic carbocycles. The summed E-state index contributed by atoms with van der Waals surface area (Å²) in [7, 11) is 0. The van der Waals surface area contributed by atoms with E-state index in [1.807, 2.05) is 13.0 Å². The number of allylic oxidation sites excluding steroid dienone is 3. The van der Waals surface area contributed by atoms with Crippen molar-refractivity contribution in [3.63, 3.8) is 0 Å². The van der Waals surface area contributed by atoms with Crippen molar-refractivity contribution in [2.75, 3.05) is 0 Å². The Morgan fingerprint density at radius 1 is 1.86 bits per heavy atom. The van der Waals surface area contributed by atoms with Crippen molar-refractivity contribution in [1.29, 1.82) is 0 Å². The highest BCUT2D eigenvalue weighted by Crippen LogP contribution is 2.17. The van der Waals surface area contributed by atoms with Gasteiger partial charge in [0, 0.05) is 9.51 Å². The molecule has 0 spiro atoms. The van der Waals surface area contributed by atoms with Crippen LogP contribution in [0.1, 0.15) is 6.92 Å². The second-order valence-electron chi connectivity index (χ2n) is 1.04. The molecule has 0 aliphatic rings. The standard InChI is InChI=1S/C5H6BrCl/c1-3-5(6)4(2)7/h3H,2H2,1H3/b5-3+. The van der Waals surface area contributed by atoms with Crippen LogP contribution in [0.15, 0.2) is 22.2 Å². The molecule has 0 amide bonds. The van der Waals surface area contributed by atoms with E-state index in [9.17, 15) is 0 Å². The van der Waals surface area contributed by atoms with Gasteiger partial charge in [0.15, 0.2) is 0 Å². The molecule has 0 saturated carbocycles. The summed E-state index contributed by atoms with van der Waals surface area (Å²) in [6.07, 6.45) is 1.84. The molecule has 0 N–H and O–H groups in total. The topological polar surface area (TPSA) is 0 Å². The summed E-state index contributed by atoms with van der Waals surface area (Å²) in [6, 6.07) is 0. The molecular formula is C5H6BrCl. The maximum atomic E-state index is 5.42. The van der Waals surface area contributed by atoms with Crippen LogP contribution in [0.4, 0.5) is 0 Å². The molecule has 7 heavy (non-hydrogen) atoms. The van der Waals surface area contributed by atoms with Gasteiger partial charge in [0.2, 0.25) is 0 Å². The first-order chi connectivity index (χ1) is 3.18. The Bertz CT molecular complexity index is 105. The summed E-state index contributed by atoms with van der Waals surface area (Å²) in [5, 5.41) is 0.544. The number of hydrogen-bond acceptors (Lipinski definition) is 0. The minimum Gasteiger partial charge on any atom is -0.0838 e. The predicted octanol–water partition coefficient (Wildman–Crippen LogP) is 3.04. The third-order valence-electron chi connectivity index (χ3n) is 0.513. The maximum Gasteiger partial charge on any atom is 0.0472 e. The molecule has 0 nitrogen and oxygen atoms in total. The van der Waals surface area contributed by atoms with E-state index in [-0.39, 0.29) is 0 Å². The zero-order valence-electron chi connectivity index (χ0n) is 4.04. The SMILES string of the molecule is C=C(Cl)/C(Br)=C\C. The van der Waals surface area contributed by atoms with Gasteiger partial charge in [-0.2, -0.15) is 0 Å². The molecule has 0 saturated heterocycles. The van der Waals surface area contributed by atoms with Crippen LogP contribution in [0, 0.1) is 0 Å². The highest BCUT2D eigenvalue weighted by atomic mass is 79.9. The van der Waals surface area contributed by atoms with E-state index in [0.29, 0.717) is 5.03 Å². The minimum atomic E-state index is 0.544. The Labute approximate surface area is 57.0 Å². The van der Waals surface area contributed by atoms with Crippen LogP contribution in [0.2, 0.25) is 0 Å². The van der Waals surface area contributed by atoms with E-state index < -0.39 is 0 Å². The highest BCUT2D eigenvalue weighted by Gasteiger charge is 1.87. The van der Waals surface area contributed by atoms with Crippen LogP contribution in [0.5, 0.6) is 0 Å². The third kappa shape index (κ3) is 2.89. The van der Waals surface area contributed by atoms with Gasteiger partial charge in [-0.15, -0.1) is 0 Å². The predicted molar refractivity (Wildman–Crippen MR) is 37.7 cm³/mol. The van der Waals surface area contributed by atoms with Crippen molar-refractivity contribution in [3.8, 4) is 0 Å². The van der Waals surface area contributed by atoms with Crippen molar-refractivity contribution in [2.24, 2.45) is 0 Å². The first kappa shape index (κ1) is 7.25. The minimum absolute atomic E-state index is 0.544. The summed E-state index contributed by atoms with van der Waals surface area (Å²) in [4.78, 5) is 0. The normalized spacial score (nSPS) is 11.6. The van der Waals surface area contributed by atoms with Gasteiger partial charge in [0.25, 0.3) is 0 Å². The zero-order chi connectivity index (χ0) is 5.86. The van der Waals surface area contributed by atoms with Crippen LogP contribution in [-0.4, -0.2) is 0 Å². The lowest BCUT2D eigenvalue weighted by Crippen LogP contribution is -1.61. The molecular weight excluding hydrogens is 175 g/mol. The Hall–Kier alpha value is 0.250. The van der Waals surface area contributed by atoms with Gasteiger partial charge in [-0.3, -0.25) is 0 Å². The van der Waals surface area contributed by atoms with Crippen molar-refractivity contribution in [2.45, 2.75) is 6.92 Å². The Morgan fingerprint density at radius 2 is 2.29 bits per heavy atom. The van der Waals surface area contributed by atoms with Crippen molar-refractivity contribution < 1.29 is 0 Å². The van der Waals surface area contributed by atoms with Gasteiger partial charge in [-0.05, 0) is 22.9 Å². The first-order valence-electron chi connectivity index (χ1n) is 1.85. The van der Waals surface area contributed by atoms with Gasteiger partial charge in [-0.1, -0.05) is 24.3 Å². The number of hydrogen-bond donors (Lipinski definition) is 0.